The Hall–Kier alpha value is -0.780. The molecule has 1 aliphatic carbocycles. The molecule has 0 aromatic rings. The van der Waals surface area contributed by atoms with E-state index in [4.69, 9.17) is 0 Å². The van der Waals surface area contributed by atoms with Crippen molar-refractivity contribution in [2.45, 2.75) is 52.5 Å². The van der Waals surface area contributed by atoms with Crippen LogP contribution >= 0.6 is 0 Å². The maximum atomic E-state index is 11.5. The summed E-state index contributed by atoms with van der Waals surface area (Å²) in [5.41, 5.74) is 0. The molecule has 2 N–H and O–H groups in total. The molecule has 0 radical (unpaired) electrons. The molecule has 4 unspecified atom stereocenters. The fourth-order valence-electron chi connectivity index (χ4n) is 3.43. The Morgan fingerprint density at radius 3 is 2.55 bits per heavy atom. The molecule has 2 fully saturated rings. The molecule has 1 saturated heterocycles. The van der Waals surface area contributed by atoms with Gasteiger partial charge in [-0.3, -0.25) is 4.99 Å². The number of aliphatic imine (C=N–C) groups is 1. The van der Waals surface area contributed by atoms with Crippen molar-refractivity contribution in [2.75, 3.05) is 24.6 Å². The van der Waals surface area contributed by atoms with E-state index in [1.165, 1.54) is 19.3 Å². The minimum atomic E-state index is -2.81. The average molecular weight is 330 g/mol. The standard InChI is InChI=1S/C16H31N3O2S/c1-4-17-16(18-10-14-7-8-22(20,21)11-14)19-15-6-5-12(2)13(3)9-15/h12-15H,4-11H2,1-3H3,(H2,17,18,19). The number of nitrogens with zero attached hydrogens (tertiary/aromatic N) is 1. The van der Waals surface area contributed by atoms with E-state index >= 15 is 0 Å². The third-order valence-electron chi connectivity index (χ3n) is 5.12. The summed E-state index contributed by atoms with van der Waals surface area (Å²) in [4.78, 5) is 4.63. The zero-order valence-corrected chi connectivity index (χ0v) is 15.0. The minimum absolute atomic E-state index is 0.186. The zero-order chi connectivity index (χ0) is 16.2. The summed E-state index contributed by atoms with van der Waals surface area (Å²) in [5, 5.41) is 6.83. The third-order valence-corrected chi connectivity index (χ3v) is 6.95. The van der Waals surface area contributed by atoms with Crippen LogP contribution in [0.3, 0.4) is 0 Å². The summed E-state index contributed by atoms with van der Waals surface area (Å²) in [6.45, 7) is 8.15. The van der Waals surface area contributed by atoms with Gasteiger partial charge in [-0.15, -0.1) is 0 Å². The van der Waals surface area contributed by atoms with E-state index in [0.29, 0.717) is 24.1 Å². The monoisotopic (exact) mass is 329 g/mol. The predicted molar refractivity (Wildman–Crippen MR) is 91.8 cm³/mol. The third kappa shape index (κ3) is 5.14. The van der Waals surface area contributed by atoms with E-state index in [1.807, 2.05) is 0 Å². The Bertz CT molecular complexity index is 490. The predicted octanol–water partition coefficient (Wildman–Crippen LogP) is 1.80. The van der Waals surface area contributed by atoms with Gasteiger partial charge in [0.1, 0.15) is 0 Å². The Morgan fingerprint density at radius 2 is 1.95 bits per heavy atom. The van der Waals surface area contributed by atoms with Crippen molar-refractivity contribution < 1.29 is 8.42 Å². The number of rotatable bonds is 4. The van der Waals surface area contributed by atoms with Crippen LogP contribution in [0.25, 0.3) is 0 Å². The molecule has 1 aliphatic heterocycles. The van der Waals surface area contributed by atoms with E-state index in [2.05, 4.69) is 36.4 Å². The van der Waals surface area contributed by atoms with Crippen LogP contribution in [0, 0.1) is 17.8 Å². The van der Waals surface area contributed by atoms with Gasteiger partial charge in [-0.2, -0.15) is 0 Å². The summed E-state index contributed by atoms with van der Waals surface area (Å²) in [6.07, 6.45) is 4.39. The molecule has 1 saturated carbocycles. The van der Waals surface area contributed by atoms with Crippen molar-refractivity contribution >= 4 is 15.8 Å². The van der Waals surface area contributed by atoms with E-state index in [1.54, 1.807) is 0 Å². The first kappa shape index (κ1) is 17.6. The first-order valence-corrected chi connectivity index (χ1v) is 10.5. The normalized spacial score (nSPS) is 35.3. The first-order valence-electron chi connectivity index (χ1n) is 8.65. The molecule has 22 heavy (non-hydrogen) atoms. The van der Waals surface area contributed by atoms with Gasteiger partial charge in [-0.25, -0.2) is 8.42 Å². The van der Waals surface area contributed by atoms with E-state index in [-0.39, 0.29) is 5.92 Å². The van der Waals surface area contributed by atoms with Crippen molar-refractivity contribution in [3.05, 3.63) is 0 Å². The summed E-state index contributed by atoms with van der Waals surface area (Å²) < 4.78 is 23.0. The van der Waals surface area contributed by atoms with Gasteiger partial charge in [-0.05, 0) is 50.4 Å². The molecule has 4 atom stereocenters. The average Bonchev–Trinajstić information content (AvgIpc) is 2.80. The molecule has 0 amide bonds. The van der Waals surface area contributed by atoms with Gasteiger partial charge in [0.15, 0.2) is 15.8 Å². The van der Waals surface area contributed by atoms with E-state index in [9.17, 15) is 8.42 Å². The van der Waals surface area contributed by atoms with E-state index < -0.39 is 9.84 Å². The van der Waals surface area contributed by atoms with Gasteiger partial charge in [0.05, 0.1) is 11.5 Å². The Labute approximate surface area is 135 Å². The van der Waals surface area contributed by atoms with E-state index in [0.717, 1.165) is 30.8 Å². The highest BCUT2D eigenvalue weighted by Gasteiger charge is 2.28. The zero-order valence-electron chi connectivity index (χ0n) is 14.1. The maximum absolute atomic E-state index is 11.5. The van der Waals surface area contributed by atoms with Gasteiger partial charge >= 0.3 is 0 Å². The second-order valence-electron chi connectivity index (χ2n) is 7.10. The van der Waals surface area contributed by atoms with Gasteiger partial charge in [0.2, 0.25) is 0 Å². The molecule has 2 rings (SSSR count). The lowest BCUT2D eigenvalue weighted by atomic mass is 9.79. The number of nitrogens with one attached hydrogen (secondary N) is 2. The largest absolute Gasteiger partial charge is 0.357 e. The molecule has 5 nitrogen and oxygen atoms in total. The van der Waals surface area contributed by atoms with Crippen LogP contribution in [0.5, 0.6) is 0 Å². The van der Waals surface area contributed by atoms with Gasteiger partial charge < -0.3 is 10.6 Å². The second kappa shape index (κ2) is 7.66. The fourth-order valence-corrected chi connectivity index (χ4v) is 5.28. The Kier molecular flexibility index (Phi) is 6.12. The van der Waals surface area contributed by atoms with Gasteiger partial charge in [0.25, 0.3) is 0 Å². The number of sulfone groups is 1. The molecule has 1 heterocycles. The van der Waals surface area contributed by atoms with Crippen LogP contribution in [-0.4, -0.2) is 45.0 Å². The Morgan fingerprint density at radius 1 is 1.18 bits per heavy atom. The summed E-state index contributed by atoms with van der Waals surface area (Å²) in [7, 11) is -2.81. The van der Waals surface area contributed by atoms with Crippen LogP contribution in [-0.2, 0) is 9.84 Å². The van der Waals surface area contributed by atoms with Crippen molar-refractivity contribution in [3.8, 4) is 0 Å². The lowest BCUT2D eigenvalue weighted by molar-refractivity contribution is 0.239. The van der Waals surface area contributed by atoms with Gasteiger partial charge in [0, 0.05) is 19.1 Å². The molecule has 2 aliphatic rings. The molecule has 6 heteroatoms. The quantitative estimate of drug-likeness (QED) is 0.609. The highest BCUT2D eigenvalue weighted by molar-refractivity contribution is 7.91. The molecule has 0 aromatic heterocycles. The number of hydrogen-bond donors (Lipinski definition) is 2. The molecule has 0 spiro atoms. The molecule has 0 bridgehead atoms. The van der Waals surface area contributed by atoms with Crippen LogP contribution in [0.2, 0.25) is 0 Å². The molecular formula is C16H31N3O2S. The number of guanidine groups is 1. The SMILES string of the molecule is CCNC(=NCC1CCS(=O)(=O)C1)NC1CCC(C)C(C)C1. The van der Waals surface area contributed by atoms with Crippen LogP contribution in [0.15, 0.2) is 4.99 Å². The number of hydrogen-bond acceptors (Lipinski definition) is 3. The van der Waals surface area contributed by atoms with Crippen molar-refractivity contribution in [2.24, 2.45) is 22.7 Å². The van der Waals surface area contributed by atoms with Crippen molar-refractivity contribution in [1.82, 2.24) is 10.6 Å². The smallest absolute Gasteiger partial charge is 0.191 e. The lowest BCUT2D eigenvalue weighted by Gasteiger charge is -2.33. The summed E-state index contributed by atoms with van der Waals surface area (Å²) in [5.74, 6) is 3.21. The second-order valence-corrected chi connectivity index (χ2v) is 9.33. The topological polar surface area (TPSA) is 70.6 Å². The first-order chi connectivity index (χ1) is 10.4. The maximum Gasteiger partial charge on any atom is 0.191 e. The van der Waals surface area contributed by atoms with Crippen molar-refractivity contribution in [1.29, 1.82) is 0 Å². The highest BCUT2D eigenvalue weighted by Crippen LogP contribution is 2.29. The molecular weight excluding hydrogens is 298 g/mol. The minimum Gasteiger partial charge on any atom is -0.357 e. The highest BCUT2D eigenvalue weighted by atomic mass is 32.2. The molecule has 0 aromatic carbocycles. The van der Waals surface area contributed by atoms with Crippen LogP contribution in [0.4, 0.5) is 0 Å². The molecule has 128 valence electrons. The van der Waals surface area contributed by atoms with Crippen LogP contribution < -0.4 is 10.6 Å². The van der Waals surface area contributed by atoms with Crippen LogP contribution in [0.1, 0.15) is 46.5 Å². The van der Waals surface area contributed by atoms with Crippen molar-refractivity contribution in [3.63, 3.8) is 0 Å². The fraction of sp³-hybridized carbons (Fsp3) is 0.938. The summed E-state index contributed by atoms with van der Waals surface area (Å²) >= 11 is 0. The Balaban J connectivity index is 1.87. The summed E-state index contributed by atoms with van der Waals surface area (Å²) in [6, 6.07) is 0.483. The lowest BCUT2D eigenvalue weighted by Crippen LogP contribution is -2.46. The van der Waals surface area contributed by atoms with Gasteiger partial charge in [-0.1, -0.05) is 13.8 Å².